The van der Waals surface area contributed by atoms with Gasteiger partial charge < -0.3 is 4.90 Å². The molecule has 3 rings (SSSR count). The Bertz CT molecular complexity index is 368. The van der Waals surface area contributed by atoms with Crippen LogP contribution in [-0.2, 0) is 0 Å². The summed E-state index contributed by atoms with van der Waals surface area (Å²) in [6.45, 7) is 3.57. The van der Waals surface area contributed by atoms with E-state index in [0.29, 0.717) is 6.04 Å². The molecule has 2 aliphatic rings. The maximum atomic E-state index is 4.64. The zero-order chi connectivity index (χ0) is 11.7. The minimum Gasteiger partial charge on any atom is -0.357 e. The van der Waals surface area contributed by atoms with Crippen molar-refractivity contribution in [2.24, 2.45) is 0 Å². The fraction of sp³-hybridized carbons (Fsp3) is 0.643. The van der Waals surface area contributed by atoms with Gasteiger partial charge in [-0.2, -0.15) is 0 Å². The van der Waals surface area contributed by atoms with Crippen LogP contribution in [0.4, 0.5) is 5.82 Å². The highest BCUT2D eigenvalue weighted by Gasteiger charge is 2.23. The maximum absolute atomic E-state index is 4.64. The van der Waals surface area contributed by atoms with Crippen LogP contribution in [0.15, 0.2) is 18.3 Å². The van der Waals surface area contributed by atoms with Gasteiger partial charge in [-0.05, 0) is 50.9 Å². The van der Waals surface area contributed by atoms with E-state index >= 15 is 0 Å². The van der Waals surface area contributed by atoms with Crippen molar-refractivity contribution in [3.8, 4) is 0 Å². The number of aromatic nitrogens is 1. The van der Waals surface area contributed by atoms with E-state index in [0.717, 1.165) is 5.82 Å². The first-order valence-electron chi connectivity index (χ1n) is 6.76. The van der Waals surface area contributed by atoms with Crippen LogP contribution in [0.1, 0.15) is 37.3 Å². The first-order valence-corrected chi connectivity index (χ1v) is 6.76. The van der Waals surface area contributed by atoms with Crippen molar-refractivity contribution in [1.82, 2.24) is 9.88 Å². The minimum atomic E-state index is 0.593. The normalized spacial score (nSPS) is 25.7. The number of anilines is 1. The van der Waals surface area contributed by atoms with Gasteiger partial charge in [-0.15, -0.1) is 0 Å². The monoisotopic (exact) mass is 231 g/mol. The first kappa shape index (κ1) is 11.0. The highest BCUT2D eigenvalue weighted by atomic mass is 15.2. The number of likely N-dealkylation sites (tertiary alicyclic amines) is 1. The molecule has 3 nitrogen and oxygen atoms in total. The third kappa shape index (κ3) is 2.16. The molecule has 0 aliphatic carbocycles. The Morgan fingerprint density at radius 2 is 1.94 bits per heavy atom. The third-order valence-electron chi connectivity index (χ3n) is 4.11. The zero-order valence-corrected chi connectivity index (χ0v) is 10.6. The van der Waals surface area contributed by atoms with E-state index < -0.39 is 0 Å². The second-order valence-corrected chi connectivity index (χ2v) is 5.28. The third-order valence-corrected chi connectivity index (χ3v) is 4.11. The predicted molar refractivity (Wildman–Crippen MR) is 70.3 cm³/mol. The highest BCUT2D eigenvalue weighted by molar-refractivity contribution is 5.40. The quantitative estimate of drug-likeness (QED) is 0.779. The van der Waals surface area contributed by atoms with Gasteiger partial charge in [-0.1, -0.05) is 6.07 Å². The molecular weight excluding hydrogens is 210 g/mol. The molecule has 0 radical (unpaired) electrons. The van der Waals surface area contributed by atoms with Crippen molar-refractivity contribution < 1.29 is 0 Å². The van der Waals surface area contributed by atoms with Gasteiger partial charge in [0.2, 0.25) is 0 Å². The Balaban J connectivity index is 1.75. The van der Waals surface area contributed by atoms with Gasteiger partial charge in [0, 0.05) is 25.3 Å². The van der Waals surface area contributed by atoms with Gasteiger partial charge in [0.1, 0.15) is 5.82 Å². The highest BCUT2D eigenvalue weighted by Crippen LogP contribution is 2.30. The average Bonchev–Trinajstić information content (AvgIpc) is 3.00. The van der Waals surface area contributed by atoms with Crippen molar-refractivity contribution in [2.75, 3.05) is 31.6 Å². The molecule has 1 atom stereocenters. The Morgan fingerprint density at radius 3 is 2.53 bits per heavy atom. The Hall–Kier alpha value is -1.09. The summed E-state index contributed by atoms with van der Waals surface area (Å²) < 4.78 is 0. The van der Waals surface area contributed by atoms with Crippen LogP contribution in [0.3, 0.4) is 0 Å². The minimum absolute atomic E-state index is 0.593. The smallest absolute Gasteiger partial charge is 0.128 e. The van der Waals surface area contributed by atoms with E-state index in [1.54, 1.807) is 0 Å². The molecule has 0 N–H and O–H groups in total. The summed E-state index contributed by atoms with van der Waals surface area (Å²) in [5, 5.41) is 0. The lowest BCUT2D eigenvalue weighted by Gasteiger charge is -2.21. The molecular formula is C14H21N3. The lowest BCUT2D eigenvalue weighted by molar-refractivity contribution is 0.317. The van der Waals surface area contributed by atoms with Crippen LogP contribution in [0, 0.1) is 0 Å². The molecule has 0 bridgehead atoms. The molecule has 0 spiro atoms. The number of pyridine rings is 1. The molecule has 0 aromatic carbocycles. The molecule has 17 heavy (non-hydrogen) atoms. The van der Waals surface area contributed by atoms with E-state index in [1.165, 1.54) is 50.9 Å². The topological polar surface area (TPSA) is 19.4 Å². The fourth-order valence-electron chi connectivity index (χ4n) is 3.06. The fourth-order valence-corrected chi connectivity index (χ4v) is 3.06. The number of hydrogen-bond donors (Lipinski definition) is 0. The summed E-state index contributed by atoms with van der Waals surface area (Å²) in [7, 11) is 2.21. The van der Waals surface area contributed by atoms with Crippen molar-refractivity contribution in [3.63, 3.8) is 0 Å². The van der Waals surface area contributed by atoms with Crippen LogP contribution < -0.4 is 4.90 Å². The van der Waals surface area contributed by atoms with Gasteiger partial charge in [0.25, 0.3) is 0 Å². The van der Waals surface area contributed by atoms with Gasteiger partial charge in [-0.25, -0.2) is 4.98 Å². The molecule has 3 heterocycles. The molecule has 2 saturated heterocycles. The summed E-state index contributed by atoms with van der Waals surface area (Å²) in [6, 6.07) is 5.06. The van der Waals surface area contributed by atoms with Gasteiger partial charge >= 0.3 is 0 Å². The van der Waals surface area contributed by atoms with E-state index in [9.17, 15) is 0 Å². The van der Waals surface area contributed by atoms with Crippen LogP contribution in [0.5, 0.6) is 0 Å². The van der Waals surface area contributed by atoms with Crippen molar-refractivity contribution in [3.05, 3.63) is 23.9 Å². The van der Waals surface area contributed by atoms with Crippen LogP contribution >= 0.6 is 0 Å². The molecule has 2 fully saturated rings. The van der Waals surface area contributed by atoms with Gasteiger partial charge in [0.05, 0.1) is 0 Å². The number of rotatable bonds is 2. The molecule has 2 aliphatic heterocycles. The van der Waals surface area contributed by atoms with E-state index in [4.69, 9.17) is 0 Å². The second-order valence-electron chi connectivity index (χ2n) is 5.28. The van der Waals surface area contributed by atoms with E-state index in [-0.39, 0.29) is 0 Å². The SMILES string of the molecule is CN1CCC[C@H]1c1ccc(N2CCCC2)nc1. The number of hydrogen-bond acceptors (Lipinski definition) is 3. The van der Waals surface area contributed by atoms with Gasteiger partial charge in [0.15, 0.2) is 0 Å². The van der Waals surface area contributed by atoms with Crippen LogP contribution in [-0.4, -0.2) is 36.6 Å². The standard InChI is InChI=1S/C14H21N3/c1-16-8-4-5-13(16)12-6-7-14(15-11-12)17-9-2-3-10-17/h6-7,11,13H,2-5,8-10H2,1H3/t13-/m0/s1. The largest absolute Gasteiger partial charge is 0.357 e. The average molecular weight is 231 g/mol. The summed E-state index contributed by atoms with van der Waals surface area (Å²) in [5.41, 5.74) is 1.38. The van der Waals surface area contributed by atoms with Gasteiger partial charge in [-0.3, -0.25) is 4.90 Å². The Labute approximate surface area is 103 Å². The van der Waals surface area contributed by atoms with Crippen molar-refractivity contribution in [2.45, 2.75) is 31.7 Å². The molecule has 1 aromatic heterocycles. The maximum Gasteiger partial charge on any atom is 0.128 e. The molecule has 0 amide bonds. The lowest BCUT2D eigenvalue weighted by atomic mass is 10.1. The summed E-state index contributed by atoms with van der Waals surface area (Å²) >= 11 is 0. The summed E-state index contributed by atoms with van der Waals surface area (Å²) in [4.78, 5) is 9.47. The molecule has 0 unspecified atom stereocenters. The molecule has 92 valence electrons. The van der Waals surface area contributed by atoms with Crippen LogP contribution in [0.25, 0.3) is 0 Å². The lowest BCUT2D eigenvalue weighted by Crippen LogP contribution is -2.20. The number of nitrogens with zero attached hydrogens (tertiary/aromatic N) is 3. The summed E-state index contributed by atoms with van der Waals surface area (Å²) in [6.07, 6.45) is 7.31. The second kappa shape index (κ2) is 4.65. The van der Waals surface area contributed by atoms with E-state index in [1.807, 2.05) is 0 Å². The molecule has 0 saturated carbocycles. The van der Waals surface area contributed by atoms with Crippen molar-refractivity contribution in [1.29, 1.82) is 0 Å². The van der Waals surface area contributed by atoms with Crippen LogP contribution in [0.2, 0.25) is 0 Å². The zero-order valence-electron chi connectivity index (χ0n) is 10.6. The summed E-state index contributed by atoms with van der Waals surface area (Å²) in [5.74, 6) is 1.16. The predicted octanol–water partition coefficient (Wildman–Crippen LogP) is 2.45. The first-order chi connectivity index (χ1) is 8.34. The molecule has 1 aromatic rings. The molecule has 3 heteroatoms. The van der Waals surface area contributed by atoms with Crippen molar-refractivity contribution >= 4 is 5.82 Å². The van der Waals surface area contributed by atoms with E-state index in [2.05, 4.69) is 40.2 Å². The Kier molecular flexibility index (Phi) is 3.02. The Morgan fingerprint density at radius 1 is 1.12 bits per heavy atom.